The maximum absolute atomic E-state index is 12.1. The molecule has 1 aromatic carbocycles. The highest BCUT2D eigenvalue weighted by atomic mass is 32.2. The first-order valence-corrected chi connectivity index (χ1v) is 8.97. The smallest absolute Gasteiger partial charge is 0.424 e. The summed E-state index contributed by atoms with van der Waals surface area (Å²) in [5, 5.41) is 0. The standard InChI is InChI=1S/C16H17NO6S/c1-16(8-22-9-16)10-24(21)7-6-23-15(20)17-13(18)11-4-2-3-5-12(11)14(17)19/h2-5H,6-10H2,1H3. The molecule has 2 heterocycles. The molecular formula is C16H17NO6S. The Hall–Kier alpha value is -2.06. The average Bonchev–Trinajstić information content (AvgIpc) is 2.77. The van der Waals surface area contributed by atoms with E-state index in [9.17, 15) is 18.6 Å². The minimum Gasteiger partial charge on any atom is -0.448 e. The summed E-state index contributed by atoms with van der Waals surface area (Å²) >= 11 is 0. The Bertz CT molecular complexity index is 692. The van der Waals surface area contributed by atoms with Gasteiger partial charge in [-0.1, -0.05) is 19.1 Å². The van der Waals surface area contributed by atoms with Gasteiger partial charge in [-0.2, -0.15) is 4.90 Å². The third-order valence-corrected chi connectivity index (χ3v) is 5.56. The van der Waals surface area contributed by atoms with Crippen molar-refractivity contribution in [2.24, 2.45) is 5.41 Å². The van der Waals surface area contributed by atoms with Crippen LogP contribution >= 0.6 is 0 Å². The fourth-order valence-electron chi connectivity index (χ4n) is 2.64. The molecule has 24 heavy (non-hydrogen) atoms. The van der Waals surface area contributed by atoms with E-state index < -0.39 is 28.7 Å². The summed E-state index contributed by atoms with van der Waals surface area (Å²) in [5.74, 6) is -0.760. The van der Waals surface area contributed by atoms with Crippen LogP contribution < -0.4 is 0 Å². The molecule has 3 amide bonds. The van der Waals surface area contributed by atoms with Gasteiger partial charge in [-0.3, -0.25) is 13.8 Å². The lowest BCUT2D eigenvalue weighted by Crippen LogP contribution is -2.44. The second-order valence-electron chi connectivity index (χ2n) is 6.20. The molecule has 1 aromatic rings. The molecular weight excluding hydrogens is 334 g/mol. The fraction of sp³-hybridized carbons (Fsp3) is 0.438. The Labute approximate surface area is 141 Å². The highest BCUT2D eigenvalue weighted by Gasteiger charge is 2.41. The maximum atomic E-state index is 12.1. The molecule has 1 atom stereocenters. The van der Waals surface area contributed by atoms with Gasteiger partial charge in [0.05, 0.1) is 30.1 Å². The van der Waals surface area contributed by atoms with Crippen molar-refractivity contribution < 1.29 is 28.1 Å². The number of ether oxygens (including phenoxy) is 2. The zero-order chi connectivity index (χ0) is 17.3. The predicted octanol–water partition coefficient (Wildman–Crippen LogP) is 1.20. The van der Waals surface area contributed by atoms with Gasteiger partial charge in [0.25, 0.3) is 11.8 Å². The molecule has 1 saturated heterocycles. The van der Waals surface area contributed by atoms with E-state index in [1.54, 1.807) is 12.1 Å². The zero-order valence-corrected chi connectivity index (χ0v) is 14.0. The van der Waals surface area contributed by atoms with Gasteiger partial charge in [0.1, 0.15) is 6.61 Å². The lowest BCUT2D eigenvalue weighted by atomic mass is 9.92. The minimum absolute atomic E-state index is 0.0859. The Morgan fingerprint density at radius 2 is 1.83 bits per heavy atom. The first-order valence-electron chi connectivity index (χ1n) is 7.49. The Morgan fingerprint density at radius 1 is 1.25 bits per heavy atom. The molecule has 128 valence electrons. The third-order valence-electron chi connectivity index (χ3n) is 3.92. The van der Waals surface area contributed by atoms with Crippen molar-refractivity contribution in [1.29, 1.82) is 0 Å². The van der Waals surface area contributed by atoms with Crippen LogP contribution in [-0.4, -0.2) is 58.3 Å². The molecule has 7 nitrogen and oxygen atoms in total. The van der Waals surface area contributed by atoms with Crippen LogP contribution in [0.1, 0.15) is 27.6 Å². The van der Waals surface area contributed by atoms with E-state index in [2.05, 4.69) is 0 Å². The first-order chi connectivity index (χ1) is 11.4. The maximum Gasteiger partial charge on any atom is 0.424 e. The molecule has 2 aliphatic heterocycles. The molecule has 3 rings (SSSR count). The molecule has 2 aliphatic rings. The number of imide groups is 3. The van der Waals surface area contributed by atoms with Crippen LogP contribution in [0.4, 0.5) is 4.79 Å². The van der Waals surface area contributed by atoms with Crippen molar-refractivity contribution in [3.63, 3.8) is 0 Å². The third kappa shape index (κ3) is 3.11. The van der Waals surface area contributed by atoms with Crippen LogP contribution in [0.5, 0.6) is 0 Å². The molecule has 1 fully saturated rings. The molecule has 0 bridgehead atoms. The number of rotatable bonds is 5. The summed E-state index contributed by atoms with van der Waals surface area (Å²) < 4.78 is 22.0. The number of nitrogens with zero attached hydrogens (tertiary/aromatic N) is 1. The monoisotopic (exact) mass is 351 g/mol. The van der Waals surface area contributed by atoms with E-state index in [0.29, 0.717) is 23.9 Å². The molecule has 0 spiro atoms. The van der Waals surface area contributed by atoms with E-state index in [4.69, 9.17) is 9.47 Å². The van der Waals surface area contributed by atoms with E-state index in [-0.39, 0.29) is 28.9 Å². The molecule has 8 heteroatoms. The number of amides is 3. The number of carbonyl (C=O) groups is 3. The zero-order valence-electron chi connectivity index (χ0n) is 13.1. The van der Waals surface area contributed by atoms with Crippen LogP contribution in [-0.2, 0) is 20.3 Å². The van der Waals surface area contributed by atoms with Crippen molar-refractivity contribution in [2.75, 3.05) is 31.3 Å². The number of fused-ring (bicyclic) bond motifs is 1. The molecule has 0 aliphatic carbocycles. The topological polar surface area (TPSA) is 90.0 Å². The van der Waals surface area contributed by atoms with Gasteiger partial charge < -0.3 is 9.47 Å². The van der Waals surface area contributed by atoms with Crippen molar-refractivity contribution in [2.45, 2.75) is 6.92 Å². The number of hydrogen-bond acceptors (Lipinski definition) is 6. The van der Waals surface area contributed by atoms with Gasteiger partial charge in [0, 0.05) is 22.0 Å². The van der Waals surface area contributed by atoms with Crippen LogP contribution in [0.2, 0.25) is 0 Å². The summed E-state index contributed by atoms with van der Waals surface area (Å²) in [7, 11) is -1.16. The van der Waals surface area contributed by atoms with Gasteiger partial charge in [-0.25, -0.2) is 4.79 Å². The Kier molecular flexibility index (Phi) is 4.51. The van der Waals surface area contributed by atoms with Crippen LogP contribution in [0.25, 0.3) is 0 Å². The number of carbonyl (C=O) groups excluding carboxylic acids is 3. The van der Waals surface area contributed by atoms with E-state index in [0.717, 1.165) is 0 Å². The molecule has 0 radical (unpaired) electrons. The summed E-state index contributed by atoms with van der Waals surface area (Å²) in [6.07, 6.45) is -1.03. The highest BCUT2D eigenvalue weighted by molar-refractivity contribution is 7.85. The molecule has 0 aromatic heterocycles. The second kappa shape index (κ2) is 6.45. The lowest BCUT2D eigenvalue weighted by molar-refractivity contribution is -0.0866. The van der Waals surface area contributed by atoms with Gasteiger partial charge in [0.15, 0.2) is 0 Å². The highest BCUT2D eigenvalue weighted by Crippen LogP contribution is 2.27. The van der Waals surface area contributed by atoms with Crippen molar-refractivity contribution in [1.82, 2.24) is 4.90 Å². The van der Waals surface area contributed by atoms with Gasteiger partial charge in [0.2, 0.25) is 0 Å². The Balaban J connectivity index is 1.52. The quantitative estimate of drug-likeness (QED) is 0.741. The summed E-state index contributed by atoms with van der Waals surface area (Å²) in [6, 6.07) is 6.21. The van der Waals surface area contributed by atoms with Gasteiger partial charge in [-0.15, -0.1) is 0 Å². The van der Waals surface area contributed by atoms with Crippen LogP contribution in [0, 0.1) is 5.41 Å². The van der Waals surface area contributed by atoms with Crippen molar-refractivity contribution in [3.8, 4) is 0 Å². The van der Waals surface area contributed by atoms with E-state index >= 15 is 0 Å². The summed E-state index contributed by atoms with van der Waals surface area (Å²) in [6.45, 7) is 3.02. The molecule has 1 unspecified atom stereocenters. The Morgan fingerprint density at radius 3 is 2.33 bits per heavy atom. The van der Waals surface area contributed by atoms with Gasteiger partial charge >= 0.3 is 6.09 Å². The number of benzene rings is 1. The van der Waals surface area contributed by atoms with E-state index in [1.807, 2.05) is 6.92 Å². The van der Waals surface area contributed by atoms with Crippen LogP contribution in [0.15, 0.2) is 24.3 Å². The van der Waals surface area contributed by atoms with Gasteiger partial charge in [-0.05, 0) is 12.1 Å². The lowest BCUT2D eigenvalue weighted by Gasteiger charge is -2.37. The summed E-state index contributed by atoms with van der Waals surface area (Å²) in [5.41, 5.74) is 0.277. The second-order valence-corrected chi connectivity index (χ2v) is 7.77. The largest absolute Gasteiger partial charge is 0.448 e. The van der Waals surface area contributed by atoms with E-state index in [1.165, 1.54) is 12.1 Å². The minimum atomic E-state index is -1.16. The number of hydrogen-bond donors (Lipinski definition) is 0. The van der Waals surface area contributed by atoms with Crippen molar-refractivity contribution >= 4 is 28.7 Å². The molecule has 0 N–H and O–H groups in total. The fourth-order valence-corrected chi connectivity index (χ4v) is 3.99. The van der Waals surface area contributed by atoms with Crippen LogP contribution in [0.3, 0.4) is 0 Å². The average molecular weight is 351 g/mol. The van der Waals surface area contributed by atoms with Crippen molar-refractivity contribution in [3.05, 3.63) is 35.4 Å². The molecule has 0 saturated carbocycles. The summed E-state index contributed by atoms with van der Waals surface area (Å²) in [4.78, 5) is 36.7. The first kappa shape index (κ1) is 16.8. The predicted molar refractivity (Wildman–Crippen MR) is 85.1 cm³/mol. The SMILES string of the molecule is CC1(CS(=O)CCOC(=O)N2C(=O)c3ccccc3C2=O)COC1. The normalized spacial score (nSPS) is 19.6.